The molecule has 3 N–H and O–H groups in total. The number of benzene rings is 1. The maximum atomic E-state index is 10.00. The second kappa shape index (κ2) is 5.52. The van der Waals surface area contributed by atoms with Crippen molar-refractivity contribution >= 4 is 17.0 Å². The third-order valence-corrected chi connectivity index (χ3v) is 5.08. The molecule has 0 unspecified atom stereocenters. The number of aryl methyl sites for hydroxylation is 1. The van der Waals surface area contributed by atoms with Gasteiger partial charge in [-0.1, -0.05) is 18.9 Å². The summed E-state index contributed by atoms with van der Waals surface area (Å²) in [4.78, 5) is 16.9. The number of nitrogen functional groups attached to an aromatic ring is 1. The van der Waals surface area contributed by atoms with Crippen molar-refractivity contribution in [3.63, 3.8) is 0 Å². The maximum absolute atomic E-state index is 10.00. The molecule has 7 heteroatoms. The number of rotatable bonds is 3. The molecule has 2 aromatic heterocycles. The summed E-state index contributed by atoms with van der Waals surface area (Å²) >= 11 is 0. The first-order valence-corrected chi connectivity index (χ1v) is 8.18. The lowest BCUT2D eigenvalue weighted by Crippen LogP contribution is -2.26. The molecule has 0 saturated heterocycles. The molecule has 0 radical (unpaired) electrons. The molecule has 0 bridgehead atoms. The van der Waals surface area contributed by atoms with Gasteiger partial charge in [0, 0.05) is 5.41 Å². The van der Waals surface area contributed by atoms with Crippen molar-refractivity contribution in [2.24, 2.45) is 0 Å². The lowest BCUT2D eigenvalue weighted by molar-refractivity contribution is 0.196. The first-order valence-electron chi connectivity index (χ1n) is 8.18. The predicted molar refractivity (Wildman–Crippen MR) is 90.8 cm³/mol. The normalized spacial score (nSPS) is 16.8. The van der Waals surface area contributed by atoms with Crippen molar-refractivity contribution < 1.29 is 5.11 Å². The molecule has 124 valence electrons. The first-order chi connectivity index (χ1) is 11.6. The zero-order valence-corrected chi connectivity index (χ0v) is 13.6. The molecule has 0 amide bonds. The number of hydrogen-bond acceptors (Lipinski definition) is 6. The van der Waals surface area contributed by atoms with E-state index in [9.17, 15) is 5.11 Å². The molecule has 7 nitrogen and oxygen atoms in total. The van der Waals surface area contributed by atoms with E-state index in [0.29, 0.717) is 5.95 Å². The van der Waals surface area contributed by atoms with Gasteiger partial charge < -0.3 is 10.8 Å². The van der Waals surface area contributed by atoms with Gasteiger partial charge in [0.1, 0.15) is 12.2 Å². The van der Waals surface area contributed by atoms with E-state index >= 15 is 0 Å². The summed E-state index contributed by atoms with van der Waals surface area (Å²) in [6.07, 6.45) is 5.74. The van der Waals surface area contributed by atoms with Gasteiger partial charge in [-0.2, -0.15) is 4.98 Å². The number of aliphatic hydroxyl groups excluding tert-OH is 1. The third kappa shape index (κ3) is 2.24. The Labute approximate surface area is 139 Å². The Kier molecular flexibility index (Phi) is 3.45. The monoisotopic (exact) mass is 324 g/mol. The Bertz CT molecular complexity index is 897. The fraction of sp³-hybridized carbons (Fsp3) is 0.412. The van der Waals surface area contributed by atoms with Gasteiger partial charge in [-0.15, -0.1) is 0 Å². The molecule has 4 rings (SSSR count). The highest BCUT2D eigenvalue weighted by molar-refractivity contribution is 5.79. The van der Waals surface area contributed by atoms with Gasteiger partial charge in [-0.25, -0.2) is 15.0 Å². The maximum Gasteiger partial charge on any atom is 0.240 e. The minimum atomic E-state index is -0.144. The number of nitrogens with zero attached hydrogens (tertiary/aromatic N) is 5. The van der Waals surface area contributed by atoms with Gasteiger partial charge >= 0.3 is 0 Å². The molecular weight excluding hydrogens is 304 g/mol. The minimum absolute atomic E-state index is 0.144. The van der Waals surface area contributed by atoms with Crippen molar-refractivity contribution in [1.29, 1.82) is 0 Å². The van der Waals surface area contributed by atoms with Crippen LogP contribution in [0.3, 0.4) is 0 Å². The summed E-state index contributed by atoms with van der Waals surface area (Å²) in [5, 5.41) is 10.00. The van der Waals surface area contributed by atoms with Gasteiger partial charge in [-0.05, 0) is 37.5 Å². The molecule has 1 saturated carbocycles. The van der Waals surface area contributed by atoms with Gasteiger partial charge in [0.05, 0.1) is 17.6 Å². The van der Waals surface area contributed by atoms with E-state index in [2.05, 4.69) is 32.1 Å². The second-order valence-corrected chi connectivity index (χ2v) is 6.49. The topological polar surface area (TPSA) is 103 Å². The lowest BCUT2D eigenvalue weighted by atomic mass is 9.79. The zero-order valence-electron chi connectivity index (χ0n) is 13.6. The standard InChI is InChI=1S/C17H20N6O/c1-11-21-13-5-4-12(17(9-24)6-2-3-7-17)8-14(13)23(11)16-20-10-19-15(18)22-16/h4-5,8,10,24H,2-3,6-7,9H2,1H3,(H2,18,19,20,22). The Balaban J connectivity index is 1.92. The van der Waals surface area contributed by atoms with Crippen molar-refractivity contribution in [2.45, 2.75) is 38.0 Å². The number of anilines is 1. The van der Waals surface area contributed by atoms with Crippen molar-refractivity contribution in [3.8, 4) is 5.95 Å². The second-order valence-electron chi connectivity index (χ2n) is 6.49. The highest BCUT2D eigenvalue weighted by atomic mass is 16.3. The van der Waals surface area contributed by atoms with E-state index in [4.69, 9.17) is 5.73 Å². The fourth-order valence-corrected chi connectivity index (χ4v) is 3.78. The number of aromatic nitrogens is 5. The van der Waals surface area contributed by atoms with Crippen LogP contribution < -0.4 is 5.73 Å². The van der Waals surface area contributed by atoms with Gasteiger partial charge in [0.15, 0.2) is 0 Å². The number of imidazole rings is 1. The molecule has 0 spiro atoms. The highest BCUT2D eigenvalue weighted by Crippen LogP contribution is 2.41. The minimum Gasteiger partial charge on any atom is -0.395 e. The van der Waals surface area contributed by atoms with Crippen LogP contribution >= 0.6 is 0 Å². The molecular formula is C17H20N6O. The summed E-state index contributed by atoms with van der Waals surface area (Å²) in [7, 11) is 0. The van der Waals surface area contributed by atoms with E-state index in [1.54, 1.807) is 0 Å². The number of hydrogen-bond donors (Lipinski definition) is 2. The lowest BCUT2D eigenvalue weighted by Gasteiger charge is -2.27. The van der Waals surface area contributed by atoms with E-state index in [1.165, 1.54) is 6.33 Å². The SMILES string of the molecule is Cc1nc2ccc(C3(CO)CCCC3)cc2n1-c1ncnc(N)n1. The van der Waals surface area contributed by atoms with E-state index in [0.717, 1.165) is 48.1 Å². The average Bonchev–Trinajstić information content (AvgIpc) is 3.18. The fourth-order valence-electron chi connectivity index (χ4n) is 3.78. The van der Waals surface area contributed by atoms with Crippen LogP contribution in [0.15, 0.2) is 24.5 Å². The molecule has 1 aliphatic rings. The molecule has 0 atom stereocenters. The zero-order chi connectivity index (χ0) is 16.7. The van der Waals surface area contributed by atoms with Crippen LogP contribution in [0.5, 0.6) is 0 Å². The van der Waals surface area contributed by atoms with Crippen LogP contribution in [-0.2, 0) is 5.41 Å². The smallest absolute Gasteiger partial charge is 0.240 e. The van der Waals surface area contributed by atoms with Gasteiger partial charge in [-0.3, -0.25) is 4.57 Å². The van der Waals surface area contributed by atoms with Gasteiger partial charge in [0.2, 0.25) is 11.9 Å². The Hall–Kier alpha value is -2.54. The molecule has 1 aromatic carbocycles. The van der Waals surface area contributed by atoms with E-state index in [-0.39, 0.29) is 18.0 Å². The van der Waals surface area contributed by atoms with Crippen LogP contribution in [0.25, 0.3) is 17.0 Å². The Morgan fingerprint density at radius 3 is 2.71 bits per heavy atom. The summed E-state index contributed by atoms with van der Waals surface area (Å²) < 4.78 is 1.89. The summed E-state index contributed by atoms with van der Waals surface area (Å²) in [6, 6.07) is 6.20. The van der Waals surface area contributed by atoms with Crippen molar-refractivity contribution in [2.75, 3.05) is 12.3 Å². The highest BCUT2D eigenvalue weighted by Gasteiger charge is 2.35. The largest absolute Gasteiger partial charge is 0.395 e. The average molecular weight is 324 g/mol. The molecule has 3 aromatic rings. The van der Waals surface area contributed by atoms with Crippen molar-refractivity contribution in [3.05, 3.63) is 35.9 Å². The number of nitrogens with two attached hydrogens (primary N) is 1. The summed E-state index contributed by atoms with van der Waals surface area (Å²) in [6.45, 7) is 2.08. The molecule has 24 heavy (non-hydrogen) atoms. The van der Waals surface area contributed by atoms with Crippen LogP contribution in [-0.4, -0.2) is 36.2 Å². The third-order valence-electron chi connectivity index (χ3n) is 5.08. The van der Waals surface area contributed by atoms with Gasteiger partial charge in [0.25, 0.3) is 0 Å². The summed E-state index contributed by atoms with van der Waals surface area (Å²) in [5.74, 6) is 1.43. The number of aliphatic hydroxyl groups is 1. The molecule has 0 aliphatic heterocycles. The Morgan fingerprint density at radius 2 is 2.00 bits per heavy atom. The van der Waals surface area contributed by atoms with E-state index in [1.807, 2.05) is 17.6 Å². The van der Waals surface area contributed by atoms with Crippen LogP contribution in [0.2, 0.25) is 0 Å². The van der Waals surface area contributed by atoms with Crippen molar-refractivity contribution in [1.82, 2.24) is 24.5 Å². The number of fused-ring (bicyclic) bond motifs is 1. The van der Waals surface area contributed by atoms with E-state index < -0.39 is 0 Å². The Morgan fingerprint density at radius 1 is 1.21 bits per heavy atom. The molecule has 1 aliphatic carbocycles. The molecule has 1 fully saturated rings. The quantitative estimate of drug-likeness (QED) is 0.763. The van der Waals surface area contributed by atoms with Crippen LogP contribution in [0, 0.1) is 6.92 Å². The molecule has 2 heterocycles. The van der Waals surface area contributed by atoms with Crippen LogP contribution in [0.4, 0.5) is 5.95 Å². The predicted octanol–water partition coefficient (Wildman–Crippen LogP) is 1.91. The first kappa shape index (κ1) is 15.0. The summed E-state index contributed by atoms with van der Waals surface area (Å²) in [5.41, 5.74) is 8.51. The van der Waals surface area contributed by atoms with Crippen LogP contribution in [0.1, 0.15) is 37.1 Å².